The molecular weight excluding hydrogens is 376 g/mol. The molecule has 3 rings (SSSR count). The zero-order chi connectivity index (χ0) is 21.7. The molecule has 0 bridgehead atoms. The van der Waals surface area contributed by atoms with Gasteiger partial charge in [0.05, 0.1) is 18.2 Å². The second kappa shape index (κ2) is 9.32. The quantitative estimate of drug-likeness (QED) is 0.780. The average Bonchev–Trinajstić information content (AvgIpc) is 2.74. The Balaban J connectivity index is 1.65. The van der Waals surface area contributed by atoms with Gasteiger partial charge in [-0.15, -0.1) is 0 Å². The number of rotatable bonds is 4. The largest absolute Gasteiger partial charge is 0.444 e. The number of carbonyl (C=O) groups is 1. The van der Waals surface area contributed by atoms with Gasteiger partial charge in [-0.2, -0.15) is 5.26 Å². The number of amides is 1. The number of piperidine rings is 1. The molecule has 2 aromatic rings. The highest BCUT2D eigenvalue weighted by Crippen LogP contribution is 2.34. The highest BCUT2D eigenvalue weighted by Gasteiger charge is 2.31. The van der Waals surface area contributed by atoms with E-state index < -0.39 is 5.60 Å². The Hall–Kier alpha value is -2.84. The van der Waals surface area contributed by atoms with Crippen LogP contribution in [0.1, 0.15) is 50.7 Å². The topological polar surface area (TPSA) is 73.6 Å². The van der Waals surface area contributed by atoms with Crippen LogP contribution < -0.4 is 0 Å². The van der Waals surface area contributed by atoms with Crippen molar-refractivity contribution in [3.05, 3.63) is 59.7 Å². The number of likely N-dealkylation sites (tertiary alicyclic amines) is 1. The first kappa shape index (κ1) is 21.9. The van der Waals surface area contributed by atoms with E-state index in [1.54, 1.807) is 11.0 Å². The third-order valence-corrected chi connectivity index (χ3v) is 5.62. The van der Waals surface area contributed by atoms with E-state index in [0.717, 1.165) is 29.5 Å². The molecule has 1 N–H and O–H groups in total. The Morgan fingerprint density at radius 2 is 1.83 bits per heavy atom. The summed E-state index contributed by atoms with van der Waals surface area (Å²) in [5.41, 5.74) is 3.31. The minimum absolute atomic E-state index is 0.0466. The van der Waals surface area contributed by atoms with E-state index in [-0.39, 0.29) is 18.6 Å². The van der Waals surface area contributed by atoms with Gasteiger partial charge in [-0.3, -0.25) is 0 Å². The molecule has 1 aliphatic rings. The Morgan fingerprint density at radius 3 is 2.40 bits per heavy atom. The number of nitrogens with zero attached hydrogens (tertiary/aromatic N) is 2. The number of hydrogen-bond acceptors (Lipinski definition) is 4. The summed E-state index contributed by atoms with van der Waals surface area (Å²) in [6.07, 6.45) is 1.43. The molecule has 1 heterocycles. The molecule has 0 spiro atoms. The van der Waals surface area contributed by atoms with E-state index in [4.69, 9.17) is 10.00 Å². The van der Waals surface area contributed by atoms with E-state index in [2.05, 4.69) is 18.2 Å². The maximum Gasteiger partial charge on any atom is 0.410 e. The maximum absolute atomic E-state index is 12.3. The van der Waals surface area contributed by atoms with E-state index >= 15 is 0 Å². The van der Waals surface area contributed by atoms with Gasteiger partial charge in [0.15, 0.2) is 0 Å². The van der Waals surface area contributed by atoms with Crippen LogP contribution in [0.5, 0.6) is 0 Å². The molecule has 5 heteroatoms. The molecule has 30 heavy (non-hydrogen) atoms. The van der Waals surface area contributed by atoms with Crippen molar-refractivity contribution in [1.29, 1.82) is 5.26 Å². The minimum atomic E-state index is -0.490. The van der Waals surface area contributed by atoms with Gasteiger partial charge in [-0.05, 0) is 68.4 Å². The summed E-state index contributed by atoms with van der Waals surface area (Å²) in [5.74, 6) is 0.367. The molecule has 1 fully saturated rings. The Labute approximate surface area is 178 Å². The summed E-state index contributed by atoms with van der Waals surface area (Å²) in [5, 5.41) is 19.2. The first-order valence-corrected chi connectivity index (χ1v) is 10.5. The van der Waals surface area contributed by atoms with E-state index in [1.807, 2.05) is 51.1 Å². The smallest absolute Gasteiger partial charge is 0.410 e. The zero-order valence-corrected chi connectivity index (χ0v) is 18.0. The van der Waals surface area contributed by atoms with Crippen LogP contribution in [0.4, 0.5) is 4.79 Å². The van der Waals surface area contributed by atoms with Gasteiger partial charge in [0.1, 0.15) is 5.60 Å². The SMILES string of the molecule is CC(C)(C)OC(=O)N1CCC(C(CO)c2ccc(-c3cccc(C#N)c3)cc2)CC1. The number of aliphatic hydroxyl groups is 1. The molecule has 1 unspecified atom stereocenters. The van der Waals surface area contributed by atoms with Crippen LogP contribution in [0.25, 0.3) is 11.1 Å². The fourth-order valence-electron chi connectivity index (χ4n) is 4.03. The van der Waals surface area contributed by atoms with Crippen LogP contribution in [0.15, 0.2) is 48.5 Å². The number of benzene rings is 2. The maximum atomic E-state index is 12.3. The van der Waals surface area contributed by atoms with Gasteiger partial charge in [-0.25, -0.2) is 4.79 Å². The normalized spacial score (nSPS) is 16.0. The first-order chi connectivity index (χ1) is 14.3. The van der Waals surface area contributed by atoms with Crippen LogP contribution in [-0.2, 0) is 4.74 Å². The molecule has 1 aliphatic heterocycles. The number of hydrogen-bond donors (Lipinski definition) is 1. The highest BCUT2D eigenvalue weighted by molar-refractivity contribution is 5.68. The summed E-state index contributed by atoms with van der Waals surface area (Å²) in [6, 6.07) is 17.9. The number of carbonyl (C=O) groups excluding carboxylic acids is 1. The summed E-state index contributed by atoms with van der Waals surface area (Å²) in [4.78, 5) is 14.0. The van der Waals surface area contributed by atoms with E-state index in [9.17, 15) is 9.90 Å². The molecule has 5 nitrogen and oxygen atoms in total. The molecule has 0 aromatic heterocycles. The van der Waals surface area contributed by atoms with Crippen LogP contribution in [0.3, 0.4) is 0 Å². The fourth-order valence-corrected chi connectivity index (χ4v) is 4.03. The third-order valence-electron chi connectivity index (χ3n) is 5.62. The lowest BCUT2D eigenvalue weighted by Crippen LogP contribution is -2.42. The minimum Gasteiger partial charge on any atom is -0.444 e. The van der Waals surface area contributed by atoms with Gasteiger partial charge in [0.25, 0.3) is 0 Å². The monoisotopic (exact) mass is 406 g/mol. The summed E-state index contributed by atoms with van der Waals surface area (Å²) >= 11 is 0. The van der Waals surface area contributed by atoms with Gasteiger partial charge >= 0.3 is 6.09 Å². The van der Waals surface area contributed by atoms with Crippen molar-refractivity contribution in [2.45, 2.75) is 45.1 Å². The predicted octanol–water partition coefficient (Wildman–Crippen LogP) is 4.95. The zero-order valence-electron chi connectivity index (χ0n) is 18.0. The second-order valence-corrected chi connectivity index (χ2v) is 8.91. The number of ether oxygens (including phenoxy) is 1. The molecular formula is C25H30N2O3. The summed E-state index contributed by atoms with van der Waals surface area (Å²) in [6.45, 7) is 7.00. The molecule has 0 aliphatic carbocycles. The Morgan fingerprint density at radius 1 is 1.17 bits per heavy atom. The van der Waals surface area contributed by atoms with Crippen LogP contribution in [0.2, 0.25) is 0 Å². The predicted molar refractivity (Wildman–Crippen MR) is 117 cm³/mol. The third kappa shape index (κ3) is 5.40. The van der Waals surface area contributed by atoms with Crippen molar-refractivity contribution in [2.24, 2.45) is 5.92 Å². The summed E-state index contributed by atoms with van der Waals surface area (Å²) in [7, 11) is 0. The van der Waals surface area contributed by atoms with Crippen molar-refractivity contribution in [1.82, 2.24) is 4.90 Å². The molecule has 0 radical (unpaired) electrons. The molecule has 158 valence electrons. The lowest BCUT2D eigenvalue weighted by Gasteiger charge is -2.36. The second-order valence-electron chi connectivity index (χ2n) is 8.91. The van der Waals surface area contributed by atoms with E-state index in [1.165, 1.54) is 0 Å². The van der Waals surface area contributed by atoms with Gasteiger partial charge in [-0.1, -0.05) is 36.4 Å². The molecule has 1 amide bonds. The van der Waals surface area contributed by atoms with Crippen molar-refractivity contribution >= 4 is 6.09 Å². The van der Waals surface area contributed by atoms with Crippen LogP contribution >= 0.6 is 0 Å². The van der Waals surface area contributed by atoms with Crippen LogP contribution in [-0.4, -0.2) is 41.4 Å². The van der Waals surface area contributed by atoms with Gasteiger partial charge in [0.2, 0.25) is 0 Å². The number of nitriles is 1. The Bertz CT molecular complexity index is 901. The Kier molecular flexibility index (Phi) is 6.79. The van der Waals surface area contributed by atoms with Gasteiger partial charge in [0, 0.05) is 19.0 Å². The molecule has 1 saturated heterocycles. The molecule has 2 aromatic carbocycles. The first-order valence-electron chi connectivity index (χ1n) is 10.5. The molecule has 0 saturated carbocycles. The summed E-state index contributed by atoms with van der Waals surface area (Å²) < 4.78 is 5.47. The van der Waals surface area contributed by atoms with Crippen molar-refractivity contribution in [3.8, 4) is 17.2 Å². The van der Waals surface area contributed by atoms with Crippen molar-refractivity contribution in [2.75, 3.05) is 19.7 Å². The van der Waals surface area contributed by atoms with Crippen molar-refractivity contribution in [3.63, 3.8) is 0 Å². The lowest BCUT2D eigenvalue weighted by molar-refractivity contribution is 0.0165. The highest BCUT2D eigenvalue weighted by atomic mass is 16.6. The standard InChI is InChI=1S/C25H30N2O3/c1-25(2,3)30-24(29)27-13-11-21(12-14-27)23(17-28)20-9-7-19(8-10-20)22-6-4-5-18(15-22)16-26/h4-10,15,21,23,28H,11-14,17H2,1-3H3. The lowest BCUT2D eigenvalue weighted by atomic mass is 9.80. The fraction of sp³-hybridized carbons (Fsp3) is 0.440. The van der Waals surface area contributed by atoms with Gasteiger partial charge < -0.3 is 14.7 Å². The average molecular weight is 407 g/mol. The number of aliphatic hydroxyl groups excluding tert-OH is 1. The molecule has 1 atom stereocenters. The van der Waals surface area contributed by atoms with Crippen LogP contribution in [0, 0.1) is 17.2 Å². The van der Waals surface area contributed by atoms with E-state index in [0.29, 0.717) is 24.6 Å². The van der Waals surface area contributed by atoms with Crippen molar-refractivity contribution < 1.29 is 14.6 Å².